The maximum Gasteiger partial charge on any atom is 0.338 e. The van der Waals surface area contributed by atoms with Gasteiger partial charge in [-0.15, -0.1) is 4.91 Å². The van der Waals surface area contributed by atoms with Gasteiger partial charge in [0.2, 0.25) is 0 Å². The number of ether oxygens (including phenoxy) is 1. The molecule has 1 aromatic rings. The summed E-state index contributed by atoms with van der Waals surface area (Å²) in [5.74, 6) is 0.665. The fourth-order valence-electron chi connectivity index (χ4n) is 2.90. The van der Waals surface area contributed by atoms with Gasteiger partial charge in [0.15, 0.2) is 0 Å². The van der Waals surface area contributed by atoms with E-state index in [0.29, 0.717) is 23.1 Å². The zero-order chi connectivity index (χ0) is 14.5. The molecule has 4 nitrogen and oxygen atoms in total. The van der Waals surface area contributed by atoms with E-state index in [1.165, 1.54) is 18.6 Å². The quantitative estimate of drug-likeness (QED) is 0.602. The van der Waals surface area contributed by atoms with Crippen LogP contribution in [0.1, 0.15) is 49.9 Å². The third-order valence-corrected chi connectivity index (χ3v) is 4.08. The van der Waals surface area contributed by atoms with Crippen molar-refractivity contribution in [2.75, 3.05) is 0 Å². The summed E-state index contributed by atoms with van der Waals surface area (Å²) >= 11 is 0. The van der Waals surface area contributed by atoms with Gasteiger partial charge in [0.25, 0.3) is 0 Å². The van der Waals surface area contributed by atoms with Crippen LogP contribution < -0.4 is 0 Å². The second kappa shape index (κ2) is 6.64. The third-order valence-electron chi connectivity index (χ3n) is 4.08. The van der Waals surface area contributed by atoms with Crippen molar-refractivity contribution in [3.05, 3.63) is 34.7 Å². The third kappa shape index (κ3) is 3.44. The summed E-state index contributed by atoms with van der Waals surface area (Å²) in [7, 11) is 0. The largest absolute Gasteiger partial charge is 0.458 e. The van der Waals surface area contributed by atoms with Crippen molar-refractivity contribution in [1.29, 1.82) is 0 Å². The first-order chi connectivity index (χ1) is 9.61. The summed E-state index contributed by atoms with van der Waals surface area (Å²) in [5, 5.41) is 2.82. The van der Waals surface area contributed by atoms with Gasteiger partial charge in [-0.25, -0.2) is 4.79 Å². The Morgan fingerprint density at radius 1 is 1.20 bits per heavy atom. The summed E-state index contributed by atoms with van der Waals surface area (Å²) in [6.07, 6.45) is 4.43. The number of hydrogen-bond acceptors (Lipinski definition) is 4. The lowest BCUT2D eigenvalue weighted by molar-refractivity contribution is -0.00827. The first-order valence-electron chi connectivity index (χ1n) is 7.26. The molecule has 4 heteroatoms. The Morgan fingerprint density at radius 2 is 1.85 bits per heavy atom. The van der Waals surface area contributed by atoms with Gasteiger partial charge in [-0.1, -0.05) is 20.3 Å². The number of carbonyl (C=O) groups is 1. The molecular weight excluding hydrogens is 254 g/mol. The van der Waals surface area contributed by atoms with Crippen LogP contribution in [0.3, 0.4) is 0 Å². The molecule has 2 atom stereocenters. The Labute approximate surface area is 119 Å². The van der Waals surface area contributed by atoms with E-state index in [9.17, 15) is 9.70 Å². The molecule has 0 saturated heterocycles. The average molecular weight is 275 g/mol. The van der Waals surface area contributed by atoms with Crippen LogP contribution in [-0.4, -0.2) is 12.1 Å². The maximum atomic E-state index is 12.1. The standard InChI is InChI=1S/C16H21NO3/c1-11(2)14-5-3-4-6-15(14)20-16(18)12-7-9-13(17-19)10-8-12/h7-11,14-15H,3-6H2,1-2H3/t14-,15-/m0/s1. The van der Waals surface area contributed by atoms with Gasteiger partial charge in [-0.3, -0.25) is 0 Å². The van der Waals surface area contributed by atoms with Crippen LogP contribution in [0.2, 0.25) is 0 Å². The highest BCUT2D eigenvalue weighted by Crippen LogP contribution is 2.32. The number of carbonyl (C=O) groups excluding carboxylic acids is 1. The Morgan fingerprint density at radius 3 is 2.45 bits per heavy atom. The van der Waals surface area contributed by atoms with Gasteiger partial charge in [0.05, 0.1) is 5.56 Å². The van der Waals surface area contributed by atoms with Crippen LogP contribution in [0.15, 0.2) is 29.4 Å². The minimum Gasteiger partial charge on any atom is -0.458 e. The van der Waals surface area contributed by atoms with Crippen molar-refractivity contribution in [2.45, 2.75) is 45.6 Å². The first-order valence-corrected chi connectivity index (χ1v) is 7.26. The zero-order valence-corrected chi connectivity index (χ0v) is 12.0. The Balaban J connectivity index is 2.03. The molecule has 1 aromatic carbocycles. The molecule has 1 aliphatic carbocycles. The van der Waals surface area contributed by atoms with Gasteiger partial charge in [0, 0.05) is 0 Å². The van der Waals surface area contributed by atoms with Gasteiger partial charge < -0.3 is 4.74 Å². The summed E-state index contributed by atoms with van der Waals surface area (Å²) in [6, 6.07) is 6.24. The predicted molar refractivity (Wildman–Crippen MR) is 77.9 cm³/mol. The molecule has 0 unspecified atom stereocenters. The van der Waals surface area contributed by atoms with Crippen LogP contribution in [0.25, 0.3) is 0 Å². The highest BCUT2D eigenvalue weighted by molar-refractivity contribution is 5.89. The van der Waals surface area contributed by atoms with Crippen LogP contribution in [0.5, 0.6) is 0 Å². The van der Waals surface area contributed by atoms with Crippen LogP contribution >= 0.6 is 0 Å². The molecule has 108 valence electrons. The van der Waals surface area contributed by atoms with Crippen LogP contribution in [0.4, 0.5) is 5.69 Å². The molecule has 1 fully saturated rings. The van der Waals surface area contributed by atoms with Crippen molar-refractivity contribution in [1.82, 2.24) is 0 Å². The van der Waals surface area contributed by atoms with Gasteiger partial charge in [-0.05, 0) is 60.5 Å². The van der Waals surface area contributed by atoms with Gasteiger partial charge in [0.1, 0.15) is 11.8 Å². The molecule has 2 rings (SSSR count). The monoisotopic (exact) mass is 275 g/mol. The fraction of sp³-hybridized carbons (Fsp3) is 0.562. The number of esters is 1. The number of nitroso groups, excluding NO2 is 1. The Hall–Kier alpha value is -1.71. The number of nitrogens with zero attached hydrogens (tertiary/aromatic N) is 1. The highest BCUT2D eigenvalue weighted by atomic mass is 16.5. The summed E-state index contributed by atoms with van der Waals surface area (Å²) in [5.41, 5.74) is 0.796. The molecule has 0 heterocycles. The first kappa shape index (κ1) is 14.7. The SMILES string of the molecule is CC(C)[C@@H]1CCCC[C@@H]1OC(=O)c1ccc(N=O)cc1. The smallest absolute Gasteiger partial charge is 0.338 e. The molecular formula is C16H21NO3. The van der Waals surface area contributed by atoms with Crippen molar-refractivity contribution in [3.63, 3.8) is 0 Å². The molecule has 1 aliphatic rings. The molecule has 0 spiro atoms. The Kier molecular flexibility index (Phi) is 4.88. The molecule has 1 saturated carbocycles. The van der Waals surface area contributed by atoms with E-state index >= 15 is 0 Å². The second-order valence-corrected chi connectivity index (χ2v) is 5.77. The highest BCUT2D eigenvalue weighted by Gasteiger charge is 2.30. The Bertz CT molecular complexity index is 467. The van der Waals surface area contributed by atoms with Crippen LogP contribution in [-0.2, 0) is 4.74 Å². The predicted octanol–water partition coefficient (Wildman–Crippen LogP) is 4.46. The number of hydrogen-bond donors (Lipinski definition) is 0. The average Bonchev–Trinajstić information content (AvgIpc) is 2.47. The van der Waals surface area contributed by atoms with Crippen molar-refractivity contribution in [3.8, 4) is 0 Å². The van der Waals surface area contributed by atoms with E-state index in [2.05, 4.69) is 19.0 Å². The minimum absolute atomic E-state index is 0.0140. The maximum absolute atomic E-state index is 12.1. The lowest BCUT2D eigenvalue weighted by Gasteiger charge is -2.33. The molecule has 20 heavy (non-hydrogen) atoms. The van der Waals surface area contributed by atoms with E-state index in [1.807, 2.05) is 0 Å². The molecule has 0 N–H and O–H groups in total. The molecule has 0 aromatic heterocycles. The van der Waals surface area contributed by atoms with Crippen molar-refractivity contribution >= 4 is 11.7 Å². The summed E-state index contributed by atoms with van der Waals surface area (Å²) < 4.78 is 5.68. The van der Waals surface area contributed by atoms with Crippen molar-refractivity contribution < 1.29 is 9.53 Å². The number of benzene rings is 1. The van der Waals surface area contributed by atoms with E-state index < -0.39 is 0 Å². The zero-order valence-electron chi connectivity index (χ0n) is 12.0. The van der Waals surface area contributed by atoms with E-state index in [1.54, 1.807) is 12.1 Å². The van der Waals surface area contributed by atoms with Gasteiger partial charge in [-0.2, -0.15) is 0 Å². The topological polar surface area (TPSA) is 55.7 Å². The van der Waals surface area contributed by atoms with Crippen molar-refractivity contribution in [2.24, 2.45) is 17.0 Å². The van der Waals surface area contributed by atoms with E-state index in [4.69, 9.17) is 4.74 Å². The summed E-state index contributed by atoms with van der Waals surface area (Å²) in [6.45, 7) is 4.36. The van der Waals surface area contributed by atoms with E-state index in [0.717, 1.165) is 19.3 Å². The van der Waals surface area contributed by atoms with Crippen LogP contribution in [0, 0.1) is 16.7 Å². The normalized spacial score (nSPS) is 22.6. The minimum atomic E-state index is -0.306. The molecule has 0 amide bonds. The van der Waals surface area contributed by atoms with Gasteiger partial charge >= 0.3 is 5.97 Å². The molecule has 0 bridgehead atoms. The number of rotatable bonds is 4. The van der Waals surface area contributed by atoms with E-state index in [-0.39, 0.29) is 12.1 Å². The lowest BCUT2D eigenvalue weighted by Crippen LogP contribution is -2.33. The molecule has 0 aliphatic heterocycles. The fourth-order valence-corrected chi connectivity index (χ4v) is 2.90. The second-order valence-electron chi connectivity index (χ2n) is 5.77. The molecule has 0 radical (unpaired) electrons. The lowest BCUT2D eigenvalue weighted by atomic mass is 9.79. The summed E-state index contributed by atoms with van der Waals surface area (Å²) in [4.78, 5) is 22.5.